The molecule has 1 atom stereocenters. The van der Waals surface area contributed by atoms with Crippen molar-refractivity contribution in [2.24, 2.45) is 0 Å². The minimum absolute atomic E-state index is 0.0754. The zero-order valence-corrected chi connectivity index (χ0v) is 9.00. The van der Waals surface area contributed by atoms with E-state index in [0.29, 0.717) is 0 Å². The van der Waals surface area contributed by atoms with Crippen molar-refractivity contribution in [1.82, 2.24) is 4.90 Å². The van der Waals surface area contributed by atoms with Crippen LogP contribution in [0.1, 0.15) is 13.3 Å². The van der Waals surface area contributed by atoms with Gasteiger partial charge in [0.05, 0.1) is 6.54 Å². The molecule has 0 aromatic heterocycles. The van der Waals surface area contributed by atoms with E-state index >= 15 is 0 Å². The van der Waals surface area contributed by atoms with Gasteiger partial charge in [-0.2, -0.15) is 8.78 Å². The van der Waals surface area contributed by atoms with Crippen molar-refractivity contribution in [2.45, 2.75) is 24.9 Å². The average molecular weight is 237 g/mol. The van der Waals surface area contributed by atoms with Crippen LogP contribution in [0.4, 0.5) is 8.78 Å². The van der Waals surface area contributed by atoms with Crippen molar-refractivity contribution in [2.75, 3.05) is 20.2 Å². The first kappa shape index (κ1) is 12.8. The third-order valence-corrected chi connectivity index (χ3v) is 2.91. The smallest absolute Gasteiger partial charge is 0.377 e. The van der Waals surface area contributed by atoms with E-state index in [1.165, 1.54) is 6.92 Å². The topological polar surface area (TPSA) is 66.8 Å². The Labute approximate surface area is 91.0 Å². The van der Waals surface area contributed by atoms with Gasteiger partial charge in [0, 0.05) is 27.0 Å². The summed E-state index contributed by atoms with van der Waals surface area (Å²) in [5.41, 5.74) is -2.12. The van der Waals surface area contributed by atoms with Crippen molar-refractivity contribution in [3.05, 3.63) is 0 Å². The van der Waals surface area contributed by atoms with E-state index in [-0.39, 0.29) is 18.9 Å². The summed E-state index contributed by atoms with van der Waals surface area (Å²) >= 11 is 0. The van der Waals surface area contributed by atoms with Crippen LogP contribution in [-0.4, -0.2) is 53.6 Å². The Bertz CT molecular complexity index is 321. The van der Waals surface area contributed by atoms with E-state index < -0.39 is 24.0 Å². The third-order valence-electron chi connectivity index (χ3n) is 2.91. The molecule has 1 N–H and O–H groups in total. The van der Waals surface area contributed by atoms with Crippen LogP contribution >= 0.6 is 0 Å². The number of methoxy groups -OCH3 is 1. The molecule has 0 bridgehead atoms. The number of hydrogen-bond donors (Lipinski definition) is 1. The summed E-state index contributed by atoms with van der Waals surface area (Å²) < 4.78 is 31.6. The molecule has 1 aliphatic heterocycles. The number of carboxylic acid groups (broad SMARTS) is 1. The molecule has 0 radical (unpaired) electrons. The number of carbonyl (C=O) groups excluding carboxylic acids is 1. The highest BCUT2D eigenvalue weighted by Crippen LogP contribution is 2.39. The van der Waals surface area contributed by atoms with Gasteiger partial charge in [-0.1, -0.05) is 0 Å². The molecule has 0 aliphatic carbocycles. The molecule has 1 rings (SSSR count). The fraction of sp³-hybridized carbons (Fsp3) is 0.778. The number of rotatable bonds is 3. The fourth-order valence-corrected chi connectivity index (χ4v) is 1.80. The minimum atomic E-state index is -4.01. The lowest BCUT2D eigenvalue weighted by molar-refractivity contribution is -0.212. The molecule has 1 aliphatic rings. The number of aliphatic carboxylic acids is 1. The van der Waals surface area contributed by atoms with Gasteiger partial charge in [0.1, 0.15) is 0 Å². The van der Waals surface area contributed by atoms with E-state index in [2.05, 4.69) is 4.74 Å². The Balaban J connectivity index is 2.98. The molecule has 1 fully saturated rings. The third kappa shape index (κ3) is 1.75. The molecule has 0 saturated carbocycles. The minimum Gasteiger partial charge on any atom is -0.477 e. The van der Waals surface area contributed by atoms with Crippen LogP contribution in [0.2, 0.25) is 0 Å². The van der Waals surface area contributed by atoms with Crippen molar-refractivity contribution in [1.29, 1.82) is 0 Å². The van der Waals surface area contributed by atoms with Crippen LogP contribution in [-0.2, 0) is 14.3 Å². The molecule has 0 aromatic rings. The first-order chi connectivity index (χ1) is 7.27. The molecule has 1 saturated heterocycles. The van der Waals surface area contributed by atoms with E-state index in [1.54, 1.807) is 0 Å². The lowest BCUT2D eigenvalue weighted by Gasteiger charge is -2.32. The number of carbonyl (C=O) groups is 2. The molecule has 0 aromatic carbocycles. The molecule has 92 valence electrons. The molecular formula is C9H13F2NO4. The quantitative estimate of drug-likeness (QED) is 0.768. The Morgan fingerprint density at radius 1 is 1.50 bits per heavy atom. The predicted octanol–water partition coefficient (Wildman–Crippen LogP) is 0.344. The van der Waals surface area contributed by atoms with Gasteiger partial charge >= 0.3 is 11.9 Å². The summed E-state index contributed by atoms with van der Waals surface area (Å²) in [5.74, 6) is -6.62. The maximum Gasteiger partial charge on any atom is 0.377 e. The van der Waals surface area contributed by atoms with Crippen LogP contribution in [0.25, 0.3) is 0 Å². The highest BCUT2D eigenvalue weighted by Gasteiger charge is 2.63. The van der Waals surface area contributed by atoms with Crippen LogP contribution < -0.4 is 0 Å². The number of nitrogens with zero attached hydrogens (tertiary/aromatic N) is 1. The van der Waals surface area contributed by atoms with Crippen LogP contribution in [0.3, 0.4) is 0 Å². The standard InChI is InChI=1S/C9H13F2NO4/c1-6(13)12-4-3-8(5-12,16-2)9(10,11)7(14)15/h3-5H2,1-2H3,(H,14,15). The highest BCUT2D eigenvalue weighted by atomic mass is 19.3. The van der Waals surface area contributed by atoms with Gasteiger partial charge in [-0.15, -0.1) is 0 Å². The Morgan fingerprint density at radius 2 is 2.06 bits per heavy atom. The number of alkyl halides is 2. The summed E-state index contributed by atoms with van der Waals surface area (Å²) in [6.45, 7) is 0.912. The Kier molecular flexibility index (Phi) is 3.18. The lowest BCUT2D eigenvalue weighted by Crippen LogP contribution is -2.56. The fourth-order valence-electron chi connectivity index (χ4n) is 1.80. The van der Waals surface area contributed by atoms with Crippen LogP contribution in [0.15, 0.2) is 0 Å². The van der Waals surface area contributed by atoms with Gasteiger partial charge in [-0.25, -0.2) is 4.79 Å². The van der Waals surface area contributed by atoms with Crippen LogP contribution in [0, 0.1) is 0 Å². The second kappa shape index (κ2) is 3.97. The van der Waals surface area contributed by atoms with Gasteiger partial charge in [0.25, 0.3) is 0 Å². The highest BCUT2D eigenvalue weighted by molar-refractivity contribution is 5.78. The summed E-state index contributed by atoms with van der Waals surface area (Å²) in [6.07, 6.45) is -0.192. The maximum absolute atomic E-state index is 13.5. The monoisotopic (exact) mass is 237 g/mol. The molecule has 1 unspecified atom stereocenters. The number of carboxylic acids is 1. The average Bonchev–Trinajstić information content (AvgIpc) is 2.63. The van der Waals surface area contributed by atoms with Gasteiger partial charge in [-0.05, 0) is 0 Å². The summed E-state index contributed by atoms with van der Waals surface area (Å²) in [4.78, 5) is 22.7. The normalized spacial score (nSPS) is 25.9. The zero-order chi connectivity index (χ0) is 12.6. The van der Waals surface area contributed by atoms with Crippen molar-refractivity contribution >= 4 is 11.9 Å². The number of ether oxygens (including phenoxy) is 1. The zero-order valence-electron chi connectivity index (χ0n) is 9.00. The molecule has 7 heteroatoms. The Morgan fingerprint density at radius 3 is 2.38 bits per heavy atom. The number of amides is 1. The van der Waals surface area contributed by atoms with Crippen LogP contribution in [0.5, 0.6) is 0 Å². The van der Waals surface area contributed by atoms with E-state index in [1.807, 2.05) is 0 Å². The maximum atomic E-state index is 13.5. The van der Waals surface area contributed by atoms with Crippen molar-refractivity contribution in [3.63, 3.8) is 0 Å². The van der Waals surface area contributed by atoms with Gasteiger partial charge in [-0.3, -0.25) is 4.79 Å². The molecule has 5 nitrogen and oxygen atoms in total. The van der Waals surface area contributed by atoms with Gasteiger partial charge in [0.2, 0.25) is 5.91 Å². The summed E-state index contributed by atoms with van der Waals surface area (Å²) in [7, 11) is 1.03. The molecule has 16 heavy (non-hydrogen) atoms. The largest absolute Gasteiger partial charge is 0.477 e. The van der Waals surface area contributed by atoms with Crippen molar-refractivity contribution in [3.8, 4) is 0 Å². The van der Waals surface area contributed by atoms with Gasteiger partial charge < -0.3 is 14.7 Å². The first-order valence-corrected chi connectivity index (χ1v) is 4.69. The molecule has 0 spiro atoms. The molecule has 1 heterocycles. The predicted molar refractivity (Wildman–Crippen MR) is 49.2 cm³/mol. The summed E-state index contributed by atoms with van der Waals surface area (Å²) in [6, 6.07) is 0. The van der Waals surface area contributed by atoms with Crippen molar-refractivity contribution < 1.29 is 28.2 Å². The SMILES string of the molecule is COC1(C(F)(F)C(=O)O)CCN(C(C)=O)C1. The first-order valence-electron chi connectivity index (χ1n) is 4.69. The summed E-state index contributed by atoms with van der Waals surface area (Å²) in [5, 5.41) is 8.49. The number of halogens is 2. The van der Waals surface area contributed by atoms with Gasteiger partial charge in [0.15, 0.2) is 5.60 Å². The molecular weight excluding hydrogens is 224 g/mol. The number of likely N-dealkylation sites (tertiary alicyclic amines) is 1. The second-order valence-electron chi connectivity index (χ2n) is 3.77. The van der Waals surface area contributed by atoms with E-state index in [0.717, 1.165) is 12.0 Å². The Hall–Kier alpha value is -1.24. The van der Waals surface area contributed by atoms with E-state index in [4.69, 9.17) is 5.11 Å². The second-order valence-corrected chi connectivity index (χ2v) is 3.77. The number of hydrogen-bond acceptors (Lipinski definition) is 3. The van der Waals surface area contributed by atoms with E-state index in [9.17, 15) is 18.4 Å². The molecule has 1 amide bonds. The lowest BCUT2D eigenvalue weighted by atomic mass is 9.94.